The molecule has 0 fully saturated rings. The summed E-state index contributed by atoms with van der Waals surface area (Å²) < 4.78 is 0. The molecule has 1 N–H and O–H groups in total. The number of carboxylic acids is 1. The van der Waals surface area contributed by atoms with Gasteiger partial charge in [0.15, 0.2) is 0 Å². The first-order valence-corrected chi connectivity index (χ1v) is 6.08. The Morgan fingerprint density at radius 1 is 0.789 bits per heavy atom. The van der Waals surface area contributed by atoms with Gasteiger partial charge in [0.1, 0.15) is 0 Å². The Bertz CT molecular complexity index is 746. The van der Waals surface area contributed by atoms with Crippen LogP contribution in [0.1, 0.15) is 10.4 Å². The molecule has 3 aromatic rings. The fraction of sp³-hybridized carbons (Fsp3) is 0. The fourth-order valence-electron chi connectivity index (χ4n) is 2.37. The predicted octanol–water partition coefficient (Wildman–Crippen LogP) is 4.21. The molecule has 3 aromatic carbocycles. The van der Waals surface area contributed by atoms with E-state index in [-0.39, 0.29) is 0 Å². The van der Waals surface area contributed by atoms with Crippen molar-refractivity contribution in [3.63, 3.8) is 0 Å². The number of benzene rings is 3. The van der Waals surface area contributed by atoms with Crippen LogP contribution in [0.3, 0.4) is 0 Å². The second-order valence-corrected chi connectivity index (χ2v) is 4.38. The first kappa shape index (κ1) is 11.5. The first-order chi connectivity index (χ1) is 9.27. The number of hydrogen-bond acceptors (Lipinski definition) is 1. The molecule has 2 nitrogen and oxygen atoms in total. The number of carbonyl (C=O) groups is 1. The van der Waals surface area contributed by atoms with E-state index in [9.17, 15) is 9.90 Å². The average molecular weight is 248 g/mol. The largest absolute Gasteiger partial charge is 0.478 e. The number of carboxylic acid groups (broad SMARTS) is 1. The SMILES string of the molecule is O=C(O)c1ccc2ccccc2c1-c1ccccc1. The van der Waals surface area contributed by atoms with Gasteiger partial charge < -0.3 is 5.11 Å². The Hall–Kier alpha value is -2.61. The Balaban J connectivity index is 2.42. The number of hydrogen-bond donors (Lipinski definition) is 1. The molecule has 0 atom stereocenters. The molecule has 19 heavy (non-hydrogen) atoms. The summed E-state index contributed by atoms with van der Waals surface area (Å²) in [5.74, 6) is -0.899. The van der Waals surface area contributed by atoms with Gasteiger partial charge in [-0.05, 0) is 22.4 Å². The van der Waals surface area contributed by atoms with Crippen LogP contribution in [0.2, 0.25) is 0 Å². The highest BCUT2D eigenvalue weighted by molar-refractivity contribution is 6.07. The molecule has 3 rings (SSSR count). The summed E-state index contributed by atoms with van der Waals surface area (Å²) in [6, 6.07) is 21.0. The Labute approximate surface area is 110 Å². The molecule has 0 aliphatic heterocycles. The minimum atomic E-state index is -0.899. The van der Waals surface area contributed by atoms with Crippen LogP contribution in [-0.2, 0) is 0 Å². The molecule has 0 aliphatic carbocycles. The van der Waals surface area contributed by atoms with E-state index in [0.29, 0.717) is 5.56 Å². The lowest BCUT2D eigenvalue weighted by molar-refractivity contribution is 0.0698. The molecule has 0 aliphatic rings. The molecule has 0 aromatic heterocycles. The molecule has 0 heterocycles. The quantitative estimate of drug-likeness (QED) is 0.737. The Morgan fingerprint density at radius 2 is 1.47 bits per heavy atom. The second-order valence-electron chi connectivity index (χ2n) is 4.38. The van der Waals surface area contributed by atoms with Gasteiger partial charge in [0.05, 0.1) is 5.56 Å². The smallest absolute Gasteiger partial charge is 0.336 e. The lowest BCUT2D eigenvalue weighted by Gasteiger charge is -2.10. The normalized spacial score (nSPS) is 10.5. The zero-order valence-electron chi connectivity index (χ0n) is 10.2. The molecule has 0 saturated carbocycles. The standard InChI is InChI=1S/C17H12O2/c18-17(19)15-11-10-12-6-4-5-9-14(12)16(15)13-7-2-1-3-8-13/h1-11H,(H,18,19). The maximum atomic E-state index is 11.4. The summed E-state index contributed by atoms with van der Waals surface area (Å²) in [4.78, 5) is 11.4. The highest BCUT2D eigenvalue weighted by Crippen LogP contribution is 2.32. The maximum Gasteiger partial charge on any atom is 0.336 e. The van der Waals surface area contributed by atoms with Crippen molar-refractivity contribution < 1.29 is 9.90 Å². The third-order valence-corrected chi connectivity index (χ3v) is 3.22. The van der Waals surface area contributed by atoms with Crippen LogP contribution < -0.4 is 0 Å². The van der Waals surface area contributed by atoms with Gasteiger partial charge in [-0.2, -0.15) is 0 Å². The predicted molar refractivity (Wildman–Crippen MR) is 76.3 cm³/mol. The summed E-state index contributed by atoms with van der Waals surface area (Å²) in [5, 5.41) is 11.4. The summed E-state index contributed by atoms with van der Waals surface area (Å²) in [6.45, 7) is 0. The summed E-state index contributed by atoms with van der Waals surface area (Å²) in [7, 11) is 0. The lowest BCUT2D eigenvalue weighted by Crippen LogP contribution is -2.00. The Kier molecular flexibility index (Phi) is 2.76. The summed E-state index contributed by atoms with van der Waals surface area (Å²) >= 11 is 0. The Morgan fingerprint density at radius 3 is 2.21 bits per heavy atom. The van der Waals surface area contributed by atoms with Crippen molar-refractivity contribution in [3.05, 3.63) is 72.3 Å². The monoisotopic (exact) mass is 248 g/mol. The lowest BCUT2D eigenvalue weighted by atomic mass is 9.93. The molecule has 0 spiro atoms. The molecule has 92 valence electrons. The number of rotatable bonds is 2. The van der Waals surface area contributed by atoms with Gasteiger partial charge in [-0.1, -0.05) is 60.7 Å². The third-order valence-electron chi connectivity index (χ3n) is 3.22. The number of aromatic carboxylic acids is 1. The topological polar surface area (TPSA) is 37.3 Å². The molecule has 0 saturated heterocycles. The van der Waals surface area contributed by atoms with E-state index in [2.05, 4.69) is 0 Å². The van der Waals surface area contributed by atoms with Crippen molar-refractivity contribution in [2.75, 3.05) is 0 Å². The van der Waals surface area contributed by atoms with Crippen LogP contribution in [-0.4, -0.2) is 11.1 Å². The minimum absolute atomic E-state index is 0.338. The van der Waals surface area contributed by atoms with Crippen LogP contribution in [0.25, 0.3) is 21.9 Å². The maximum absolute atomic E-state index is 11.4. The van der Waals surface area contributed by atoms with Crippen LogP contribution >= 0.6 is 0 Å². The fourth-order valence-corrected chi connectivity index (χ4v) is 2.37. The highest BCUT2D eigenvalue weighted by Gasteiger charge is 2.14. The molecule has 0 bridgehead atoms. The zero-order valence-corrected chi connectivity index (χ0v) is 10.2. The van der Waals surface area contributed by atoms with E-state index in [4.69, 9.17) is 0 Å². The van der Waals surface area contributed by atoms with Crippen molar-refractivity contribution in [1.29, 1.82) is 0 Å². The molecule has 2 heteroatoms. The van der Waals surface area contributed by atoms with Gasteiger partial charge in [-0.15, -0.1) is 0 Å². The van der Waals surface area contributed by atoms with E-state index in [1.54, 1.807) is 6.07 Å². The van der Waals surface area contributed by atoms with Gasteiger partial charge in [0, 0.05) is 5.56 Å². The van der Waals surface area contributed by atoms with Crippen LogP contribution in [0.5, 0.6) is 0 Å². The van der Waals surface area contributed by atoms with E-state index >= 15 is 0 Å². The van der Waals surface area contributed by atoms with Crippen LogP contribution in [0.15, 0.2) is 66.7 Å². The van der Waals surface area contributed by atoms with Gasteiger partial charge >= 0.3 is 5.97 Å². The van der Waals surface area contributed by atoms with Crippen molar-refractivity contribution in [2.24, 2.45) is 0 Å². The van der Waals surface area contributed by atoms with Gasteiger partial charge in [-0.25, -0.2) is 4.79 Å². The first-order valence-electron chi connectivity index (χ1n) is 6.08. The van der Waals surface area contributed by atoms with Gasteiger partial charge in [0.2, 0.25) is 0 Å². The molecular weight excluding hydrogens is 236 g/mol. The van der Waals surface area contributed by atoms with Crippen molar-refractivity contribution in [2.45, 2.75) is 0 Å². The highest BCUT2D eigenvalue weighted by atomic mass is 16.4. The van der Waals surface area contributed by atoms with Gasteiger partial charge in [-0.3, -0.25) is 0 Å². The minimum Gasteiger partial charge on any atom is -0.478 e. The molecule has 0 amide bonds. The summed E-state index contributed by atoms with van der Waals surface area (Å²) in [6.07, 6.45) is 0. The average Bonchev–Trinajstić information content (AvgIpc) is 2.46. The molecular formula is C17H12O2. The second kappa shape index (κ2) is 4.58. The van der Waals surface area contributed by atoms with Crippen LogP contribution in [0, 0.1) is 0 Å². The summed E-state index contributed by atoms with van der Waals surface area (Å²) in [5.41, 5.74) is 2.05. The van der Waals surface area contributed by atoms with Crippen molar-refractivity contribution in [1.82, 2.24) is 0 Å². The zero-order chi connectivity index (χ0) is 13.2. The third kappa shape index (κ3) is 1.97. The van der Waals surface area contributed by atoms with Gasteiger partial charge in [0.25, 0.3) is 0 Å². The van der Waals surface area contributed by atoms with Crippen molar-refractivity contribution in [3.8, 4) is 11.1 Å². The molecule has 0 unspecified atom stereocenters. The van der Waals surface area contributed by atoms with E-state index in [0.717, 1.165) is 21.9 Å². The number of fused-ring (bicyclic) bond motifs is 1. The van der Waals surface area contributed by atoms with Crippen LogP contribution in [0.4, 0.5) is 0 Å². The molecule has 0 radical (unpaired) electrons. The van der Waals surface area contributed by atoms with E-state index in [1.807, 2.05) is 60.7 Å². The van der Waals surface area contributed by atoms with E-state index in [1.165, 1.54) is 0 Å². The van der Waals surface area contributed by atoms with E-state index < -0.39 is 5.97 Å². The van der Waals surface area contributed by atoms with Crippen molar-refractivity contribution >= 4 is 16.7 Å².